The molecule has 0 radical (unpaired) electrons. The Hall–Kier alpha value is -1.35. The van der Waals surface area contributed by atoms with Gasteiger partial charge in [0.1, 0.15) is 11.1 Å². The van der Waals surface area contributed by atoms with Gasteiger partial charge in [-0.2, -0.15) is 0 Å². The zero-order valence-electron chi connectivity index (χ0n) is 9.33. The first-order valence-corrected chi connectivity index (χ1v) is 6.86. The average molecular weight is 252 g/mol. The molecule has 0 amide bonds. The summed E-state index contributed by atoms with van der Waals surface area (Å²) in [5.74, 6) is 0.277. The van der Waals surface area contributed by atoms with Crippen LogP contribution in [-0.2, 0) is 4.57 Å². The van der Waals surface area contributed by atoms with Crippen molar-refractivity contribution in [3.63, 3.8) is 0 Å². The number of fused-ring (bicyclic) bond motifs is 1. The van der Waals surface area contributed by atoms with E-state index in [2.05, 4.69) is 0 Å². The third-order valence-corrected chi connectivity index (χ3v) is 3.44. The zero-order chi connectivity index (χ0) is 12.5. The van der Waals surface area contributed by atoms with E-state index in [-0.39, 0.29) is 11.1 Å². The molecule has 0 saturated carbocycles. The lowest BCUT2D eigenvalue weighted by molar-refractivity contribution is 0.342. The topological polar surface area (TPSA) is 66.8 Å². The molecule has 0 spiro atoms. The van der Waals surface area contributed by atoms with Gasteiger partial charge in [-0.05, 0) is 18.4 Å². The summed E-state index contributed by atoms with van der Waals surface area (Å²) in [4.78, 5) is 18.6. The van der Waals surface area contributed by atoms with Gasteiger partial charge in [-0.1, -0.05) is 30.3 Å². The Kier molecular flexibility index (Phi) is 3.20. The van der Waals surface area contributed by atoms with Crippen LogP contribution in [0.4, 0.5) is 0 Å². The Morgan fingerprint density at radius 3 is 2.53 bits per heavy atom. The van der Waals surface area contributed by atoms with Crippen molar-refractivity contribution < 1.29 is 19.1 Å². The lowest BCUT2D eigenvalue weighted by atomic mass is 10.1. The van der Waals surface area contributed by atoms with Crippen molar-refractivity contribution >= 4 is 23.7 Å². The number of hydrogen-bond donors (Lipinski definition) is 2. The minimum Gasteiger partial charge on any atom is -0.492 e. The van der Waals surface area contributed by atoms with Crippen molar-refractivity contribution in [1.29, 1.82) is 0 Å². The molecule has 4 nitrogen and oxygen atoms in total. The normalized spacial score (nSPS) is 11.7. The van der Waals surface area contributed by atoms with Crippen molar-refractivity contribution in [3.8, 4) is 5.75 Å². The van der Waals surface area contributed by atoms with Gasteiger partial charge in [0.15, 0.2) is 0 Å². The number of hydrogen-bond acceptors (Lipinski definition) is 2. The maximum Gasteiger partial charge on any atom is 0.359 e. The van der Waals surface area contributed by atoms with Crippen LogP contribution in [0, 0.1) is 0 Å². The van der Waals surface area contributed by atoms with E-state index < -0.39 is 7.60 Å². The third-order valence-electron chi connectivity index (χ3n) is 2.46. The first kappa shape index (κ1) is 12.1. The molecule has 0 saturated heterocycles. The molecule has 90 valence electrons. The molecule has 2 N–H and O–H groups in total. The van der Waals surface area contributed by atoms with Crippen LogP contribution in [0.2, 0.25) is 0 Å². The maximum atomic E-state index is 11.4. The molecule has 17 heavy (non-hydrogen) atoms. The van der Waals surface area contributed by atoms with Crippen LogP contribution in [0.25, 0.3) is 10.8 Å². The fraction of sp³-hybridized carbons (Fsp3) is 0.167. The van der Waals surface area contributed by atoms with Crippen LogP contribution in [0.3, 0.4) is 0 Å². The number of benzene rings is 2. The van der Waals surface area contributed by atoms with Gasteiger partial charge in [0.2, 0.25) is 0 Å². The van der Waals surface area contributed by atoms with Crippen LogP contribution in [0.1, 0.15) is 6.92 Å². The molecular formula is C12H13O4P. The Morgan fingerprint density at radius 1 is 1.18 bits per heavy atom. The van der Waals surface area contributed by atoms with Crippen LogP contribution in [0.5, 0.6) is 5.75 Å². The van der Waals surface area contributed by atoms with E-state index in [9.17, 15) is 14.4 Å². The minimum atomic E-state index is -4.31. The summed E-state index contributed by atoms with van der Waals surface area (Å²) >= 11 is 0. The van der Waals surface area contributed by atoms with Crippen LogP contribution < -0.4 is 10.0 Å². The molecule has 0 unspecified atom stereocenters. The molecule has 0 aliphatic heterocycles. The molecule has 0 fully saturated rings. The standard InChI is InChI=1S/C12H13O4P/c1-2-16-12-10-6-4-3-5-9(10)7-8-11(12)17(13,14)15/h3-8H,2H2,1H3,(H2,13,14,15). The predicted octanol–water partition coefficient (Wildman–Crippen LogP) is 2.04. The zero-order valence-corrected chi connectivity index (χ0v) is 10.2. The average Bonchev–Trinajstić information content (AvgIpc) is 2.28. The van der Waals surface area contributed by atoms with Crippen molar-refractivity contribution in [2.75, 3.05) is 6.61 Å². The van der Waals surface area contributed by atoms with Gasteiger partial charge in [-0.15, -0.1) is 0 Å². The highest BCUT2D eigenvalue weighted by atomic mass is 31.2. The van der Waals surface area contributed by atoms with E-state index in [0.29, 0.717) is 6.61 Å². The largest absolute Gasteiger partial charge is 0.492 e. The van der Waals surface area contributed by atoms with Gasteiger partial charge in [0.05, 0.1) is 6.61 Å². The van der Waals surface area contributed by atoms with E-state index >= 15 is 0 Å². The van der Waals surface area contributed by atoms with Crippen LogP contribution in [0.15, 0.2) is 36.4 Å². The van der Waals surface area contributed by atoms with Crippen molar-refractivity contribution in [2.45, 2.75) is 6.92 Å². The summed E-state index contributed by atoms with van der Waals surface area (Å²) in [6.45, 7) is 2.15. The Morgan fingerprint density at radius 2 is 1.88 bits per heavy atom. The van der Waals surface area contributed by atoms with E-state index in [4.69, 9.17) is 4.74 Å². The predicted molar refractivity (Wildman–Crippen MR) is 66.8 cm³/mol. The molecule has 0 aliphatic rings. The van der Waals surface area contributed by atoms with Crippen LogP contribution in [-0.4, -0.2) is 16.4 Å². The van der Waals surface area contributed by atoms with E-state index in [0.717, 1.165) is 10.8 Å². The molecule has 5 heteroatoms. The van der Waals surface area contributed by atoms with E-state index in [1.54, 1.807) is 19.1 Å². The summed E-state index contributed by atoms with van der Waals surface area (Å²) < 4.78 is 16.8. The Labute approximate surface area is 99.0 Å². The summed E-state index contributed by atoms with van der Waals surface area (Å²) in [7, 11) is -4.31. The van der Waals surface area contributed by atoms with Gasteiger partial charge in [0, 0.05) is 5.39 Å². The Balaban J connectivity index is 2.77. The van der Waals surface area contributed by atoms with Gasteiger partial charge in [-0.25, -0.2) is 0 Å². The monoisotopic (exact) mass is 252 g/mol. The third kappa shape index (κ3) is 2.34. The van der Waals surface area contributed by atoms with Gasteiger partial charge < -0.3 is 14.5 Å². The molecule has 2 aromatic carbocycles. The fourth-order valence-corrected chi connectivity index (χ4v) is 2.48. The molecular weight excluding hydrogens is 239 g/mol. The summed E-state index contributed by atoms with van der Waals surface area (Å²) in [6, 6.07) is 10.5. The first-order chi connectivity index (χ1) is 8.04. The molecule has 2 aromatic rings. The number of rotatable bonds is 3. The van der Waals surface area contributed by atoms with E-state index in [1.807, 2.05) is 18.2 Å². The first-order valence-electron chi connectivity index (χ1n) is 5.24. The molecule has 0 atom stereocenters. The van der Waals surface area contributed by atoms with Crippen molar-refractivity contribution in [3.05, 3.63) is 36.4 Å². The molecule has 2 rings (SSSR count). The van der Waals surface area contributed by atoms with Crippen molar-refractivity contribution in [2.24, 2.45) is 0 Å². The van der Waals surface area contributed by atoms with Crippen LogP contribution >= 0.6 is 7.60 Å². The highest BCUT2D eigenvalue weighted by Gasteiger charge is 2.24. The highest BCUT2D eigenvalue weighted by Crippen LogP contribution is 2.40. The second-order valence-electron chi connectivity index (χ2n) is 3.61. The second-order valence-corrected chi connectivity index (χ2v) is 5.18. The molecule has 0 aliphatic carbocycles. The summed E-state index contributed by atoms with van der Waals surface area (Å²) in [5.41, 5.74) is 0. The second kappa shape index (κ2) is 4.49. The SMILES string of the molecule is CCOc1c(P(=O)(O)O)ccc2ccccc12. The molecule has 0 bridgehead atoms. The Bertz CT molecular complexity index is 588. The maximum absolute atomic E-state index is 11.4. The van der Waals surface area contributed by atoms with Gasteiger partial charge >= 0.3 is 7.60 Å². The fourth-order valence-electron chi connectivity index (χ4n) is 1.76. The minimum absolute atomic E-state index is 0.0574. The lowest BCUT2D eigenvalue weighted by Crippen LogP contribution is -2.10. The quantitative estimate of drug-likeness (QED) is 0.820. The van der Waals surface area contributed by atoms with E-state index in [1.165, 1.54) is 6.07 Å². The lowest BCUT2D eigenvalue weighted by Gasteiger charge is -2.14. The summed E-state index contributed by atoms with van der Waals surface area (Å²) in [6.07, 6.45) is 0. The van der Waals surface area contributed by atoms with Gasteiger partial charge in [0.25, 0.3) is 0 Å². The molecule has 0 aromatic heterocycles. The number of ether oxygens (including phenoxy) is 1. The smallest absolute Gasteiger partial charge is 0.359 e. The van der Waals surface area contributed by atoms with Gasteiger partial charge in [-0.3, -0.25) is 4.57 Å². The molecule has 0 heterocycles. The summed E-state index contributed by atoms with van der Waals surface area (Å²) in [5, 5.41) is 1.56. The van der Waals surface area contributed by atoms with Crippen molar-refractivity contribution in [1.82, 2.24) is 0 Å². The highest BCUT2D eigenvalue weighted by molar-refractivity contribution is 7.60.